The van der Waals surface area contributed by atoms with Gasteiger partial charge in [0, 0.05) is 28.9 Å². The molecular formula is C12H11BrFN3O. The number of aromatic nitrogens is 2. The maximum absolute atomic E-state index is 14.1. The summed E-state index contributed by atoms with van der Waals surface area (Å²) in [5.41, 5.74) is 0.246. The third-order valence-corrected chi connectivity index (χ3v) is 3.75. The van der Waals surface area contributed by atoms with Crippen molar-refractivity contribution < 1.29 is 4.39 Å². The summed E-state index contributed by atoms with van der Waals surface area (Å²) in [6.45, 7) is 2.54. The maximum Gasteiger partial charge on any atom is 0.349 e. The minimum Gasteiger partial charge on any atom is -0.367 e. The van der Waals surface area contributed by atoms with Crippen LogP contribution in [-0.2, 0) is 11.9 Å². The highest BCUT2D eigenvalue weighted by atomic mass is 79.9. The number of fused-ring (bicyclic) bond motifs is 3. The Labute approximate surface area is 111 Å². The number of alkyl halides is 1. The monoisotopic (exact) mass is 311 g/mol. The molecule has 1 aromatic heterocycles. The second kappa shape index (κ2) is 4.05. The van der Waals surface area contributed by atoms with Gasteiger partial charge in [-0.15, -0.1) is 0 Å². The van der Waals surface area contributed by atoms with Gasteiger partial charge in [-0.2, -0.15) is 4.98 Å². The highest BCUT2D eigenvalue weighted by molar-refractivity contribution is 9.08. The van der Waals surface area contributed by atoms with Gasteiger partial charge < -0.3 is 5.32 Å². The number of hydrogen-bond donors (Lipinski definition) is 1. The van der Waals surface area contributed by atoms with Crippen LogP contribution in [0.3, 0.4) is 0 Å². The standard InChI is InChI=1S/C12H11BrFN3O/c1-6-5-17-11(15-6)8-3-2-7(4-13)9(14)10(8)16-12(17)18/h2-3,6,15H,4-5H2,1H3/t6-/m0/s1. The molecule has 1 atom stereocenters. The zero-order valence-corrected chi connectivity index (χ0v) is 11.3. The molecule has 18 heavy (non-hydrogen) atoms. The maximum atomic E-state index is 14.1. The van der Waals surface area contributed by atoms with E-state index in [0.717, 1.165) is 0 Å². The fourth-order valence-electron chi connectivity index (χ4n) is 2.28. The number of hydrogen-bond acceptors (Lipinski definition) is 3. The van der Waals surface area contributed by atoms with Crippen molar-refractivity contribution >= 4 is 32.7 Å². The summed E-state index contributed by atoms with van der Waals surface area (Å²) in [4.78, 5) is 15.7. The molecule has 1 aliphatic heterocycles. The molecule has 0 saturated carbocycles. The van der Waals surface area contributed by atoms with Crippen molar-refractivity contribution in [3.63, 3.8) is 0 Å². The highest BCUT2D eigenvalue weighted by Gasteiger charge is 2.22. The van der Waals surface area contributed by atoms with E-state index in [1.54, 1.807) is 16.7 Å². The number of benzene rings is 1. The second-order valence-electron chi connectivity index (χ2n) is 4.47. The van der Waals surface area contributed by atoms with Gasteiger partial charge in [-0.3, -0.25) is 4.57 Å². The Morgan fingerprint density at radius 1 is 1.61 bits per heavy atom. The van der Waals surface area contributed by atoms with Gasteiger partial charge in [-0.1, -0.05) is 22.0 Å². The lowest BCUT2D eigenvalue weighted by Gasteiger charge is -2.08. The second-order valence-corrected chi connectivity index (χ2v) is 5.03. The lowest BCUT2D eigenvalue weighted by Crippen LogP contribution is -2.22. The van der Waals surface area contributed by atoms with Crippen LogP contribution in [0.5, 0.6) is 0 Å². The van der Waals surface area contributed by atoms with Gasteiger partial charge in [0.2, 0.25) is 0 Å². The molecule has 94 valence electrons. The van der Waals surface area contributed by atoms with E-state index in [2.05, 4.69) is 26.2 Å². The zero-order chi connectivity index (χ0) is 12.9. The SMILES string of the molecule is C[C@H]1Cn2c(c3ccc(CBr)c(F)c3nc2=O)N1. The summed E-state index contributed by atoms with van der Waals surface area (Å²) in [6.07, 6.45) is 0. The largest absolute Gasteiger partial charge is 0.367 e. The first kappa shape index (κ1) is 11.6. The number of rotatable bonds is 1. The van der Waals surface area contributed by atoms with E-state index in [1.807, 2.05) is 6.92 Å². The molecule has 6 heteroatoms. The molecule has 0 radical (unpaired) electrons. The molecule has 1 aliphatic rings. The predicted molar refractivity (Wildman–Crippen MR) is 71.7 cm³/mol. The predicted octanol–water partition coefficient (Wildman–Crippen LogP) is 2.24. The highest BCUT2D eigenvalue weighted by Crippen LogP contribution is 2.28. The van der Waals surface area contributed by atoms with Gasteiger partial charge in [0.25, 0.3) is 0 Å². The smallest absolute Gasteiger partial charge is 0.349 e. The van der Waals surface area contributed by atoms with Gasteiger partial charge in [-0.25, -0.2) is 9.18 Å². The molecule has 0 saturated heterocycles. The van der Waals surface area contributed by atoms with Crippen LogP contribution in [0.25, 0.3) is 10.9 Å². The summed E-state index contributed by atoms with van der Waals surface area (Å²) in [5, 5.41) is 4.25. The van der Waals surface area contributed by atoms with Gasteiger partial charge >= 0.3 is 5.69 Å². The molecule has 0 unspecified atom stereocenters. The summed E-state index contributed by atoms with van der Waals surface area (Å²) in [6, 6.07) is 3.67. The lowest BCUT2D eigenvalue weighted by molar-refractivity contribution is 0.622. The summed E-state index contributed by atoms with van der Waals surface area (Å²) in [5.74, 6) is 0.240. The van der Waals surface area contributed by atoms with Crippen molar-refractivity contribution in [1.29, 1.82) is 0 Å². The summed E-state index contributed by atoms with van der Waals surface area (Å²) in [7, 11) is 0. The van der Waals surface area contributed by atoms with E-state index < -0.39 is 11.5 Å². The van der Waals surface area contributed by atoms with Crippen molar-refractivity contribution in [2.45, 2.75) is 24.8 Å². The third-order valence-electron chi connectivity index (χ3n) is 3.14. The van der Waals surface area contributed by atoms with Gasteiger partial charge in [0.1, 0.15) is 11.3 Å². The third kappa shape index (κ3) is 1.55. The Kier molecular flexibility index (Phi) is 2.62. The van der Waals surface area contributed by atoms with Gasteiger partial charge in [-0.05, 0) is 13.0 Å². The van der Waals surface area contributed by atoms with E-state index >= 15 is 0 Å². The fraction of sp³-hybridized carbons (Fsp3) is 0.333. The molecule has 0 bridgehead atoms. The molecular weight excluding hydrogens is 301 g/mol. The van der Waals surface area contributed by atoms with Crippen molar-refractivity contribution in [1.82, 2.24) is 9.55 Å². The van der Waals surface area contributed by atoms with Crippen LogP contribution in [0.1, 0.15) is 12.5 Å². The Morgan fingerprint density at radius 2 is 2.39 bits per heavy atom. The van der Waals surface area contributed by atoms with E-state index in [0.29, 0.717) is 28.6 Å². The molecule has 1 aromatic carbocycles. The van der Waals surface area contributed by atoms with E-state index in [4.69, 9.17) is 0 Å². The number of nitrogens with zero attached hydrogens (tertiary/aromatic N) is 2. The van der Waals surface area contributed by atoms with Crippen molar-refractivity contribution in [2.24, 2.45) is 0 Å². The molecule has 0 amide bonds. The van der Waals surface area contributed by atoms with E-state index in [9.17, 15) is 9.18 Å². The van der Waals surface area contributed by atoms with E-state index in [1.165, 1.54) is 0 Å². The van der Waals surface area contributed by atoms with Crippen LogP contribution < -0.4 is 11.0 Å². The molecule has 1 N–H and O–H groups in total. The molecule has 2 heterocycles. The number of nitrogens with one attached hydrogen (secondary N) is 1. The van der Waals surface area contributed by atoms with Crippen LogP contribution in [0.2, 0.25) is 0 Å². The lowest BCUT2D eigenvalue weighted by atomic mass is 10.1. The summed E-state index contributed by atoms with van der Waals surface area (Å²) >= 11 is 3.22. The molecule has 3 rings (SSSR count). The van der Waals surface area contributed by atoms with Crippen LogP contribution in [0, 0.1) is 5.82 Å². The molecule has 0 aliphatic carbocycles. The zero-order valence-electron chi connectivity index (χ0n) is 9.70. The molecule has 0 fully saturated rings. The van der Waals surface area contributed by atoms with Crippen molar-refractivity contribution in [3.8, 4) is 0 Å². The van der Waals surface area contributed by atoms with Crippen LogP contribution in [0.15, 0.2) is 16.9 Å². The average Bonchev–Trinajstić information content (AvgIpc) is 2.73. The first-order chi connectivity index (χ1) is 8.61. The first-order valence-corrected chi connectivity index (χ1v) is 6.78. The Bertz CT molecular complexity index is 698. The normalized spacial score (nSPS) is 17.8. The van der Waals surface area contributed by atoms with E-state index in [-0.39, 0.29) is 11.6 Å². The van der Waals surface area contributed by atoms with Gasteiger partial charge in [0.15, 0.2) is 5.82 Å². The average molecular weight is 312 g/mol. The van der Waals surface area contributed by atoms with Gasteiger partial charge in [0.05, 0.1) is 0 Å². The number of halogens is 2. The number of anilines is 1. The minimum atomic E-state index is -0.425. The Balaban J connectivity index is 2.39. The molecule has 0 spiro atoms. The van der Waals surface area contributed by atoms with Crippen LogP contribution in [0.4, 0.5) is 10.2 Å². The minimum absolute atomic E-state index is 0.143. The first-order valence-electron chi connectivity index (χ1n) is 5.66. The summed E-state index contributed by atoms with van der Waals surface area (Å²) < 4.78 is 15.7. The molecule has 4 nitrogen and oxygen atoms in total. The quantitative estimate of drug-likeness (QED) is 0.822. The topological polar surface area (TPSA) is 46.9 Å². The Morgan fingerprint density at radius 3 is 3.11 bits per heavy atom. The Hall–Kier alpha value is -1.43. The van der Waals surface area contributed by atoms with Crippen molar-refractivity contribution in [3.05, 3.63) is 34.0 Å². The van der Waals surface area contributed by atoms with Crippen LogP contribution in [-0.4, -0.2) is 15.6 Å². The fourth-order valence-corrected chi connectivity index (χ4v) is 2.72. The van der Waals surface area contributed by atoms with Crippen LogP contribution >= 0.6 is 15.9 Å². The molecule has 2 aromatic rings. The van der Waals surface area contributed by atoms with Crippen molar-refractivity contribution in [2.75, 3.05) is 5.32 Å².